The summed E-state index contributed by atoms with van der Waals surface area (Å²) >= 11 is 0. The van der Waals surface area contributed by atoms with Crippen molar-refractivity contribution in [2.24, 2.45) is 23.2 Å². The molecule has 0 radical (unpaired) electrons. The molecule has 4 aliphatic rings. The highest BCUT2D eigenvalue weighted by Crippen LogP contribution is 2.65. The molecule has 2 amide bonds. The lowest BCUT2D eigenvalue weighted by atomic mass is 9.43. The Kier molecular flexibility index (Phi) is 7.85. The molecule has 7 atom stereocenters. The van der Waals surface area contributed by atoms with Gasteiger partial charge >= 0.3 is 7.12 Å². The Hall–Kier alpha value is -2.75. The van der Waals surface area contributed by atoms with Crippen molar-refractivity contribution in [2.45, 2.75) is 90.6 Å². The largest absolute Gasteiger partial charge is 0.481 e. The van der Waals surface area contributed by atoms with Gasteiger partial charge < -0.3 is 25.0 Å². The van der Waals surface area contributed by atoms with Gasteiger partial charge in [0.25, 0.3) is 5.91 Å². The topological polar surface area (TPSA) is 110 Å². The van der Waals surface area contributed by atoms with Crippen LogP contribution in [0.2, 0.25) is 0 Å². The van der Waals surface area contributed by atoms with Crippen LogP contribution in [0.1, 0.15) is 71.2 Å². The van der Waals surface area contributed by atoms with Gasteiger partial charge in [0.05, 0.1) is 29.3 Å². The van der Waals surface area contributed by atoms with Crippen LogP contribution in [-0.2, 0) is 14.1 Å². The Bertz CT molecular complexity index is 1240. The van der Waals surface area contributed by atoms with E-state index in [9.17, 15) is 14.7 Å². The number of aliphatic hydroxyl groups is 1. The molecule has 2 bridgehead atoms. The molecule has 2 aromatic rings. The average molecular weight is 548 g/mol. The Labute approximate surface area is 237 Å². The lowest BCUT2D eigenvalue weighted by Crippen LogP contribution is -2.65. The molecule has 3 N–H and O–H groups in total. The molecule has 4 fully saturated rings. The maximum Gasteiger partial charge on any atom is 0.481 e. The smallest absolute Gasteiger partial charge is 0.404 e. The molecular formula is C31H42BN3O5. The average Bonchev–Trinajstić information content (AvgIpc) is 3.28. The van der Waals surface area contributed by atoms with Crippen LogP contribution in [-0.4, -0.2) is 58.8 Å². The van der Waals surface area contributed by atoms with E-state index in [-0.39, 0.29) is 17.4 Å². The van der Waals surface area contributed by atoms with E-state index in [0.29, 0.717) is 23.8 Å². The minimum atomic E-state index is -1.16. The minimum absolute atomic E-state index is 0.00232. The first-order valence-corrected chi connectivity index (χ1v) is 14.5. The Morgan fingerprint density at radius 2 is 1.80 bits per heavy atom. The molecule has 1 aromatic heterocycles. The normalized spacial score (nSPS) is 28.7. The van der Waals surface area contributed by atoms with E-state index in [2.05, 4.69) is 50.2 Å². The molecule has 1 aromatic carbocycles. The second kappa shape index (κ2) is 10.9. The van der Waals surface area contributed by atoms with Crippen molar-refractivity contribution >= 4 is 18.9 Å². The van der Waals surface area contributed by atoms with Crippen molar-refractivity contribution < 1.29 is 24.0 Å². The van der Waals surface area contributed by atoms with E-state index >= 15 is 0 Å². The summed E-state index contributed by atoms with van der Waals surface area (Å²) in [6, 6.07) is 10.2. The summed E-state index contributed by atoms with van der Waals surface area (Å²) in [5.74, 6) is -0.0748. The number of rotatable bonds is 9. The maximum absolute atomic E-state index is 13.5. The molecular weight excluding hydrogens is 505 g/mol. The van der Waals surface area contributed by atoms with Gasteiger partial charge in [-0.2, -0.15) is 0 Å². The van der Waals surface area contributed by atoms with Crippen LogP contribution in [0.3, 0.4) is 0 Å². The summed E-state index contributed by atoms with van der Waals surface area (Å²) in [6.45, 7) is 12.5. The first kappa shape index (κ1) is 28.8. The molecule has 6 rings (SSSR count). The second-order valence-electron chi connectivity index (χ2n) is 13.1. The van der Waals surface area contributed by atoms with Crippen molar-refractivity contribution in [3.05, 3.63) is 54.4 Å². The van der Waals surface area contributed by atoms with Crippen molar-refractivity contribution in [3.63, 3.8) is 0 Å². The van der Waals surface area contributed by atoms with Crippen molar-refractivity contribution in [1.29, 1.82) is 0 Å². The zero-order chi connectivity index (χ0) is 28.8. The lowest BCUT2D eigenvalue weighted by Gasteiger charge is -2.64. The summed E-state index contributed by atoms with van der Waals surface area (Å²) in [7, 11) is -0.589. The quantitative estimate of drug-likeness (QED) is 0.409. The Balaban J connectivity index is 1.29. The molecule has 0 unspecified atom stereocenters. The Morgan fingerprint density at radius 1 is 1.07 bits per heavy atom. The second-order valence-corrected chi connectivity index (χ2v) is 13.1. The van der Waals surface area contributed by atoms with Gasteiger partial charge in [-0.3, -0.25) is 14.6 Å². The SMILES string of the molecule is CC(C)C[C@H](NC(=O)[C@@H](NC(=O)c1cncc(-c2ccccc2)c1)[C@@H](C)O)B1O[C@@H]2C[C@H]3C[C@@H](C3(C)C)[C@]2(C)O1. The molecule has 3 aliphatic carbocycles. The van der Waals surface area contributed by atoms with Gasteiger partial charge in [0.2, 0.25) is 5.91 Å². The molecule has 3 saturated carbocycles. The number of nitrogens with one attached hydrogen (secondary N) is 2. The van der Waals surface area contributed by atoms with Gasteiger partial charge in [-0.05, 0) is 67.9 Å². The van der Waals surface area contributed by atoms with E-state index in [1.807, 2.05) is 30.3 Å². The van der Waals surface area contributed by atoms with Gasteiger partial charge in [-0.25, -0.2) is 0 Å². The summed E-state index contributed by atoms with van der Waals surface area (Å²) in [6.07, 6.45) is 4.77. The predicted octanol–water partition coefficient (Wildman–Crippen LogP) is 4.03. The number of hydrogen-bond donors (Lipinski definition) is 3. The number of aromatic nitrogens is 1. The third-order valence-electron chi connectivity index (χ3n) is 9.51. The van der Waals surface area contributed by atoms with Crippen LogP contribution >= 0.6 is 0 Å². The van der Waals surface area contributed by atoms with E-state index in [4.69, 9.17) is 9.31 Å². The highest BCUT2D eigenvalue weighted by molar-refractivity contribution is 6.48. The fraction of sp³-hybridized carbons (Fsp3) is 0.581. The van der Waals surface area contributed by atoms with Crippen LogP contribution in [0.15, 0.2) is 48.8 Å². The number of nitrogens with zero attached hydrogens (tertiary/aromatic N) is 1. The number of pyridine rings is 1. The maximum atomic E-state index is 13.5. The zero-order valence-electron chi connectivity index (χ0n) is 24.4. The Morgan fingerprint density at radius 3 is 2.45 bits per heavy atom. The van der Waals surface area contributed by atoms with Crippen LogP contribution < -0.4 is 10.6 Å². The van der Waals surface area contributed by atoms with Crippen molar-refractivity contribution in [2.75, 3.05) is 0 Å². The number of carbonyl (C=O) groups is 2. The van der Waals surface area contributed by atoms with Gasteiger partial charge in [0.1, 0.15) is 6.04 Å². The minimum Gasteiger partial charge on any atom is -0.404 e. The number of aliphatic hydroxyl groups excluding tert-OH is 1. The molecule has 40 heavy (non-hydrogen) atoms. The van der Waals surface area contributed by atoms with Crippen LogP contribution in [0, 0.1) is 23.2 Å². The summed E-state index contributed by atoms with van der Waals surface area (Å²) in [5.41, 5.74) is 1.85. The number of hydrogen-bond acceptors (Lipinski definition) is 6. The van der Waals surface area contributed by atoms with Crippen LogP contribution in [0.5, 0.6) is 0 Å². The van der Waals surface area contributed by atoms with Crippen molar-refractivity contribution in [3.8, 4) is 11.1 Å². The van der Waals surface area contributed by atoms with Crippen LogP contribution in [0.25, 0.3) is 11.1 Å². The predicted molar refractivity (Wildman–Crippen MR) is 154 cm³/mol. The molecule has 214 valence electrons. The van der Waals surface area contributed by atoms with E-state index in [1.54, 1.807) is 12.3 Å². The van der Waals surface area contributed by atoms with Gasteiger partial charge in [-0.15, -0.1) is 0 Å². The van der Waals surface area contributed by atoms with Gasteiger partial charge in [-0.1, -0.05) is 58.0 Å². The summed E-state index contributed by atoms with van der Waals surface area (Å²) in [4.78, 5) is 31.0. The summed E-state index contributed by atoms with van der Waals surface area (Å²) in [5, 5.41) is 16.3. The van der Waals surface area contributed by atoms with Gasteiger partial charge in [0.15, 0.2) is 0 Å². The first-order chi connectivity index (χ1) is 18.9. The zero-order valence-corrected chi connectivity index (χ0v) is 24.4. The fourth-order valence-corrected chi connectivity index (χ4v) is 7.07. The van der Waals surface area contributed by atoms with Crippen molar-refractivity contribution in [1.82, 2.24) is 15.6 Å². The highest BCUT2D eigenvalue weighted by atomic mass is 16.7. The molecule has 2 heterocycles. The van der Waals surface area contributed by atoms with E-state index in [1.165, 1.54) is 13.1 Å². The molecule has 0 spiro atoms. The number of carbonyl (C=O) groups excluding carboxylic acids is 2. The molecule has 8 nitrogen and oxygen atoms in total. The number of amides is 2. The highest BCUT2D eigenvalue weighted by Gasteiger charge is 2.68. The number of benzene rings is 1. The van der Waals surface area contributed by atoms with E-state index in [0.717, 1.165) is 24.0 Å². The first-order valence-electron chi connectivity index (χ1n) is 14.5. The lowest BCUT2D eigenvalue weighted by molar-refractivity contribution is -0.199. The van der Waals surface area contributed by atoms with Gasteiger partial charge in [0, 0.05) is 18.0 Å². The molecule has 9 heteroatoms. The van der Waals surface area contributed by atoms with E-state index < -0.39 is 42.6 Å². The monoisotopic (exact) mass is 547 g/mol. The molecule has 1 aliphatic heterocycles. The third-order valence-corrected chi connectivity index (χ3v) is 9.51. The molecule has 1 saturated heterocycles. The standard InChI is InChI=1S/C31H42BN3O5/c1-18(2)12-26(32-39-25-15-23-14-24(30(23,4)5)31(25,6)40-32)34-29(38)27(19(3)36)35-28(37)22-13-21(16-33-17-22)20-10-8-7-9-11-20/h7-11,13,16-19,23-27,36H,12,14-15H2,1-6H3,(H,34,38)(H,35,37)/t19-,23-,24+,25-,26+,27+,31+/m1/s1. The summed E-state index contributed by atoms with van der Waals surface area (Å²) < 4.78 is 13.1. The fourth-order valence-electron chi connectivity index (χ4n) is 7.07. The van der Waals surface area contributed by atoms with Crippen LogP contribution in [0.4, 0.5) is 0 Å². The third kappa shape index (κ3) is 5.31.